The van der Waals surface area contributed by atoms with E-state index < -0.39 is 0 Å². The van der Waals surface area contributed by atoms with Crippen molar-refractivity contribution < 1.29 is 14.6 Å². The Kier molecular flexibility index (Phi) is 3.23. The first-order valence-corrected chi connectivity index (χ1v) is 7.91. The Hall–Kier alpha value is -2.20. The van der Waals surface area contributed by atoms with Gasteiger partial charge in [0.25, 0.3) is 0 Å². The van der Waals surface area contributed by atoms with Gasteiger partial charge in [0.2, 0.25) is 0 Å². The number of methoxy groups -OCH3 is 2. The summed E-state index contributed by atoms with van der Waals surface area (Å²) in [6.07, 6.45) is 1.87. The van der Waals surface area contributed by atoms with E-state index in [0.29, 0.717) is 17.8 Å². The fourth-order valence-corrected chi connectivity index (χ4v) is 4.05. The molecule has 0 saturated carbocycles. The van der Waals surface area contributed by atoms with Crippen LogP contribution in [0.2, 0.25) is 0 Å². The van der Waals surface area contributed by atoms with Crippen molar-refractivity contribution in [1.82, 2.24) is 4.90 Å². The van der Waals surface area contributed by atoms with Crippen LogP contribution in [0.3, 0.4) is 0 Å². The molecule has 1 N–H and O–H groups in total. The van der Waals surface area contributed by atoms with Crippen molar-refractivity contribution in [2.45, 2.75) is 24.9 Å². The molecule has 0 spiro atoms. The summed E-state index contributed by atoms with van der Waals surface area (Å²) in [5.74, 6) is 1.68. The Morgan fingerprint density at radius 3 is 2.35 bits per heavy atom. The van der Waals surface area contributed by atoms with Gasteiger partial charge in [-0.15, -0.1) is 0 Å². The van der Waals surface area contributed by atoms with Crippen molar-refractivity contribution >= 4 is 0 Å². The molecule has 23 heavy (non-hydrogen) atoms. The fourth-order valence-electron chi connectivity index (χ4n) is 4.05. The zero-order valence-electron chi connectivity index (χ0n) is 13.7. The first kappa shape index (κ1) is 14.4. The molecule has 0 amide bonds. The predicted octanol–water partition coefficient (Wildman–Crippen LogP) is 3.24. The molecule has 120 valence electrons. The number of phenols is 1. The van der Waals surface area contributed by atoms with Crippen LogP contribution < -0.4 is 9.47 Å². The van der Waals surface area contributed by atoms with E-state index in [-0.39, 0.29) is 5.75 Å². The fraction of sp³-hybridized carbons (Fsp3) is 0.368. The number of aromatic hydroxyl groups is 1. The van der Waals surface area contributed by atoms with Gasteiger partial charge in [0, 0.05) is 12.1 Å². The highest BCUT2D eigenvalue weighted by Gasteiger charge is 2.38. The van der Waals surface area contributed by atoms with E-state index >= 15 is 0 Å². The van der Waals surface area contributed by atoms with E-state index in [0.717, 1.165) is 18.6 Å². The zero-order valence-corrected chi connectivity index (χ0v) is 13.7. The van der Waals surface area contributed by atoms with Crippen LogP contribution in [0.25, 0.3) is 0 Å². The molecular formula is C19H21NO3. The largest absolute Gasteiger partial charge is 0.504 e. The topological polar surface area (TPSA) is 41.9 Å². The maximum Gasteiger partial charge on any atom is 0.160 e. The summed E-state index contributed by atoms with van der Waals surface area (Å²) in [4.78, 5) is 2.41. The molecule has 4 rings (SSSR count). The van der Waals surface area contributed by atoms with E-state index in [9.17, 15) is 5.11 Å². The van der Waals surface area contributed by atoms with Gasteiger partial charge in [0.05, 0.1) is 14.2 Å². The van der Waals surface area contributed by atoms with Crippen LogP contribution in [0.15, 0.2) is 30.3 Å². The molecule has 2 aliphatic heterocycles. The van der Waals surface area contributed by atoms with Crippen LogP contribution in [-0.4, -0.2) is 31.3 Å². The molecule has 2 aromatic carbocycles. The summed E-state index contributed by atoms with van der Waals surface area (Å²) in [6, 6.07) is 10.9. The minimum atomic E-state index is 0.221. The van der Waals surface area contributed by atoms with E-state index in [1.807, 2.05) is 18.2 Å². The lowest BCUT2D eigenvalue weighted by atomic mass is 9.77. The molecule has 2 atom stereocenters. The second-order valence-electron chi connectivity index (χ2n) is 6.39. The lowest BCUT2D eigenvalue weighted by Crippen LogP contribution is -2.40. The Morgan fingerprint density at radius 1 is 0.957 bits per heavy atom. The number of fused-ring (bicyclic) bond motifs is 6. The standard InChI is InChI=1S/C19H21NO3/c1-20-16-6-11-4-5-13(22-2)9-14(11)17(20)7-12-8-19(23-3)18(21)10-15(12)16/h4-5,8-10,16-17,21H,6-7H2,1-3H3. The zero-order chi connectivity index (χ0) is 16.1. The molecule has 2 heterocycles. The average Bonchev–Trinajstić information content (AvgIpc) is 2.56. The van der Waals surface area contributed by atoms with Crippen molar-refractivity contribution in [2.75, 3.05) is 21.3 Å². The third-order valence-corrected chi connectivity index (χ3v) is 5.32. The molecule has 2 aromatic rings. The van der Waals surface area contributed by atoms with Crippen molar-refractivity contribution in [3.63, 3.8) is 0 Å². The Bertz CT molecular complexity index is 771. The molecule has 4 heteroatoms. The third-order valence-electron chi connectivity index (χ3n) is 5.32. The number of benzene rings is 2. The van der Waals surface area contributed by atoms with E-state index in [1.54, 1.807) is 14.2 Å². The highest BCUT2D eigenvalue weighted by molar-refractivity contribution is 5.52. The van der Waals surface area contributed by atoms with Crippen LogP contribution >= 0.6 is 0 Å². The number of ether oxygens (including phenoxy) is 2. The van der Waals surface area contributed by atoms with Gasteiger partial charge in [-0.3, -0.25) is 4.90 Å². The van der Waals surface area contributed by atoms with Crippen LogP contribution in [0.5, 0.6) is 17.2 Å². The Balaban J connectivity index is 1.84. The minimum absolute atomic E-state index is 0.221. The summed E-state index contributed by atoms with van der Waals surface area (Å²) in [5.41, 5.74) is 5.20. The molecule has 0 aromatic heterocycles. The number of phenolic OH excluding ortho intramolecular Hbond substituents is 1. The monoisotopic (exact) mass is 311 g/mol. The molecule has 2 aliphatic rings. The number of nitrogens with zero attached hydrogens (tertiary/aromatic N) is 1. The summed E-state index contributed by atoms with van der Waals surface area (Å²) in [6.45, 7) is 0. The van der Waals surface area contributed by atoms with Gasteiger partial charge in [-0.2, -0.15) is 0 Å². The quantitative estimate of drug-likeness (QED) is 0.924. The van der Waals surface area contributed by atoms with Gasteiger partial charge in [0.1, 0.15) is 5.75 Å². The molecule has 2 unspecified atom stereocenters. The Morgan fingerprint density at radius 2 is 1.65 bits per heavy atom. The van der Waals surface area contributed by atoms with E-state index in [1.165, 1.54) is 22.3 Å². The smallest absolute Gasteiger partial charge is 0.160 e. The summed E-state index contributed by atoms with van der Waals surface area (Å²) in [5, 5.41) is 10.2. The molecule has 0 aliphatic carbocycles. The number of rotatable bonds is 2. The summed E-state index contributed by atoms with van der Waals surface area (Å²) in [7, 11) is 5.47. The van der Waals surface area contributed by atoms with Crippen molar-refractivity contribution in [3.8, 4) is 17.2 Å². The van der Waals surface area contributed by atoms with Crippen LogP contribution in [0.1, 0.15) is 34.3 Å². The predicted molar refractivity (Wildman–Crippen MR) is 88.3 cm³/mol. The van der Waals surface area contributed by atoms with Crippen LogP contribution in [0, 0.1) is 0 Å². The second-order valence-corrected chi connectivity index (χ2v) is 6.39. The molecule has 0 fully saturated rings. The maximum absolute atomic E-state index is 10.2. The third kappa shape index (κ3) is 2.09. The minimum Gasteiger partial charge on any atom is -0.504 e. The second kappa shape index (κ2) is 5.17. The SMILES string of the molecule is COc1ccc2c(c1)C1Cc3cc(OC)c(O)cc3C(C2)N1C. The van der Waals surface area contributed by atoms with Gasteiger partial charge >= 0.3 is 0 Å². The van der Waals surface area contributed by atoms with Crippen molar-refractivity contribution in [3.05, 3.63) is 52.6 Å². The lowest BCUT2D eigenvalue weighted by molar-refractivity contribution is 0.137. The highest BCUT2D eigenvalue weighted by atomic mass is 16.5. The maximum atomic E-state index is 10.2. The number of likely N-dealkylation sites (N-methyl/N-ethyl adjacent to an activating group) is 1. The Labute approximate surface area is 136 Å². The van der Waals surface area contributed by atoms with Gasteiger partial charge in [-0.05, 0) is 66.4 Å². The molecule has 0 saturated heterocycles. The normalized spacial score (nSPS) is 22.2. The summed E-state index contributed by atoms with van der Waals surface area (Å²) < 4.78 is 10.7. The van der Waals surface area contributed by atoms with E-state index in [4.69, 9.17) is 9.47 Å². The number of hydrogen-bond acceptors (Lipinski definition) is 4. The van der Waals surface area contributed by atoms with Crippen molar-refractivity contribution in [1.29, 1.82) is 0 Å². The van der Waals surface area contributed by atoms with Crippen LogP contribution in [-0.2, 0) is 12.8 Å². The van der Waals surface area contributed by atoms with Gasteiger partial charge < -0.3 is 14.6 Å². The average molecular weight is 311 g/mol. The van der Waals surface area contributed by atoms with Gasteiger partial charge in [-0.1, -0.05) is 6.07 Å². The van der Waals surface area contributed by atoms with Crippen LogP contribution in [0.4, 0.5) is 0 Å². The van der Waals surface area contributed by atoms with Gasteiger partial charge in [-0.25, -0.2) is 0 Å². The van der Waals surface area contributed by atoms with Crippen molar-refractivity contribution in [2.24, 2.45) is 0 Å². The molecule has 0 radical (unpaired) electrons. The number of hydrogen-bond donors (Lipinski definition) is 1. The molecule has 2 bridgehead atoms. The molecule has 4 nitrogen and oxygen atoms in total. The first-order chi connectivity index (χ1) is 11.1. The molecular weight excluding hydrogens is 290 g/mol. The van der Waals surface area contributed by atoms with Gasteiger partial charge in [0.15, 0.2) is 11.5 Å². The summed E-state index contributed by atoms with van der Waals surface area (Å²) >= 11 is 0. The highest BCUT2D eigenvalue weighted by Crippen LogP contribution is 2.48. The lowest BCUT2D eigenvalue weighted by Gasteiger charge is -2.46. The van der Waals surface area contributed by atoms with E-state index in [2.05, 4.69) is 24.1 Å². The first-order valence-electron chi connectivity index (χ1n) is 7.91.